The first-order chi connectivity index (χ1) is 12.5. The van der Waals surface area contributed by atoms with Crippen LogP contribution < -0.4 is 4.74 Å². The van der Waals surface area contributed by atoms with E-state index in [4.69, 9.17) is 4.74 Å². The zero-order chi connectivity index (χ0) is 18.4. The van der Waals surface area contributed by atoms with Gasteiger partial charge in [-0.05, 0) is 32.4 Å². The van der Waals surface area contributed by atoms with E-state index in [9.17, 15) is 10.1 Å². The van der Waals surface area contributed by atoms with Gasteiger partial charge in [0.2, 0.25) is 0 Å². The molecule has 8 nitrogen and oxygen atoms in total. The van der Waals surface area contributed by atoms with Gasteiger partial charge in [0, 0.05) is 10.9 Å². The van der Waals surface area contributed by atoms with E-state index in [1.807, 2.05) is 6.92 Å². The maximum atomic E-state index is 11.1. The van der Waals surface area contributed by atoms with Crippen LogP contribution in [-0.2, 0) is 0 Å². The molecule has 4 aromatic rings. The highest BCUT2D eigenvalue weighted by Gasteiger charge is 2.21. The molecule has 3 aromatic heterocycles. The number of aromatic nitrogens is 4. The Bertz CT molecular complexity index is 1150. The Hall–Kier alpha value is -3.07. The molecule has 3 heterocycles. The number of rotatable bonds is 4. The van der Waals surface area contributed by atoms with Crippen molar-refractivity contribution in [1.29, 1.82) is 0 Å². The molecule has 4 rings (SSSR count). The van der Waals surface area contributed by atoms with Crippen molar-refractivity contribution in [3.63, 3.8) is 0 Å². The van der Waals surface area contributed by atoms with Crippen LogP contribution in [0, 0.1) is 24.0 Å². The van der Waals surface area contributed by atoms with Crippen molar-refractivity contribution in [2.75, 3.05) is 0 Å². The molecule has 0 aliphatic carbocycles. The summed E-state index contributed by atoms with van der Waals surface area (Å²) in [6, 6.07) is 6.26. The van der Waals surface area contributed by atoms with Crippen LogP contribution in [0.4, 0.5) is 5.69 Å². The normalized spacial score (nSPS) is 12.6. The predicted molar refractivity (Wildman–Crippen MR) is 97.8 cm³/mol. The van der Waals surface area contributed by atoms with Crippen LogP contribution in [-0.4, -0.2) is 24.5 Å². The second-order valence-electron chi connectivity index (χ2n) is 5.93. The molecule has 0 amide bonds. The van der Waals surface area contributed by atoms with Gasteiger partial charge >= 0.3 is 5.69 Å². The fourth-order valence-electron chi connectivity index (χ4n) is 2.78. The van der Waals surface area contributed by atoms with Crippen LogP contribution in [0.1, 0.15) is 29.3 Å². The van der Waals surface area contributed by atoms with E-state index in [1.54, 1.807) is 47.3 Å². The van der Waals surface area contributed by atoms with E-state index in [2.05, 4.69) is 22.0 Å². The van der Waals surface area contributed by atoms with Gasteiger partial charge in [0.1, 0.15) is 11.2 Å². The number of thiophene rings is 1. The summed E-state index contributed by atoms with van der Waals surface area (Å²) < 4.78 is 7.39. The minimum Gasteiger partial charge on any atom is -0.476 e. The molecule has 9 heteroatoms. The Balaban J connectivity index is 1.75. The molecule has 1 atom stereocenters. The van der Waals surface area contributed by atoms with Crippen molar-refractivity contribution in [2.45, 2.75) is 26.9 Å². The Labute approximate surface area is 152 Å². The third-order valence-electron chi connectivity index (χ3n) is 4.25. The van der Waals surface area contributed by atoms with Crippen LogP contribution in [0.25, 0.3) is 15.9 Å². The number of hydrogen-bond acceptors (Lipinski definition) is 7. The highest BCUT2D eigenvalue weighted by molar-refractivity contribution is 7.18. The van der Waals surface area contributed by atoms with E-state index in [0.717, 1.165) is 15.8 Å². The van der Waals surface area contributed by atoms with Crippen LogP contribution in [0.3, 0.4) is 0 Å². The summed E-state index contributed by atoms with van der Waals surface area (Å²) in [6.45, 7) is 5.86. The van der Waals surface area contributed by atoms with E-state index in [1.165, 1.54) is 10.9 Å². The molecule has 26 heavy (non-hydrogen) atoms. The van der Waals surface area contributed by atoms with Crippen molar-refractivity contribution < 1.29 is 9.66 Å². The Morgan fingerprint density at radius 3 is 2.85 bits per heavy atom. The molecule has 0 aliphatic rings. The second-order valence-corrected chi connectivity index (χ2v) is 7.13. The largest absolute Gasteiger partial charge is 0.476 e. The summed E-state index contributed by atoms with van der Waals surface area (Å²) in [7, 11) is 0. The summed E-state index contributed by atoms with van der Waals surface area (Å²) >= 11 is 1.62. The fourth-order valence-corrected chi connectivity index (χ4v) is 3.78. The lowest BCUT2D eigenvalue weighted by Crippen LogP contribution is -2.07. The molecule has 0 spiro atoms. The van der Waals surface area contributed by atoms with Gasteiger partial charge < -0.3 is 4.74 Å². The average Bonchev–Trinajstić information content (AvgIpc) is 3.16. The summed E-state index contributed by atoms with van der Waals surface area (Å²) in [5, 5.41) is 16.6. The van der Waals surface area contributed by atoms with Gasteiger partial charge in [0.15, 0.2) is 23.3 Å². The Morgan fingerprint density at radius 1 is 1.31 bits per heavy atom. The predicted octanol–water partition coefficient (Wildman–Crippen LogP) is 4.00. The average molecular weight is 369 g/mol. The van der Waals surface area contributed by atoms with Gasteiger partial charge in [-0.1, -0.05) is 12.1 Å². The number of aryl methyl sites for hydroxylation is 2. The van der Waals surface area contributed by atoms with E-state index in [0.29, 0.717) is 11.5 Å². The van der Waals surface area contributed by atoms with Gasteiger partial charge in [-0.15, -0.1) is 16.4 Å². The monoisotopic (exact) mass is 369 g/mol. The van der Waals surface area contributed by atoms with Gasteiger partial charge in [-0.2, -0.15) is 0 Å². The van der Waals surface area contributed by atoms with E-state index in [-0.39, 0.29) is 11.4 Å². The number of hydrogen-bond donors (Lipinski definition) is 0. The van der Waals surface area contributed by atoms with Crippen LogP contribution in [0.2, 0.25) is 0 Å². The third-order valence-corrected chi connectivity index (χ3v) is 5.37. The molecule has 0 fully saturated rings. The smallest absolute Gasteiger partial charge is 0.310 e. The molecule has 0 saturated heterocycles. The zero-order valence-electron chi connectivity index (χ0n) is 14.3. The van der Waals surface area contributed by atoms with Crippen LogP contribution >= 0.6 is 11.3 Å². The minimum atomic E-state index is -0.550. The van der Waals surface area contributed by atoms with Crippen molar-refractivity contribution in [3.05, 3.63) is 57.0 Å². The third kappa shape index (κ3) is 2.57. The highest BCUT2D eigenvalue weighted by atomic mass is 32.1. The first-order valence-electron chi connectivity index (χ1n) is 7.96. The lowest BCUT2D eigenvalue weighted by molar-refractivity contribution is -0.386. The van der Waals surface area contributed by atoms with Gasteiger partial charge in [0.25, 0.3) is 0 Å². The molecule has 0 bridgehead atoms. The van der Waals surface area contributed by atoms with E-state index >= 15 is 0 Å². The number of fused-ring (bicyclic) bond motifs is 3. The van der Waals surface area contributed by atoms with Crippen LogP contribution in [0.5, 0.6) is 5.75 Å². The Morgan fingerprint density at radius 2 is 2.08 bits per heavy atom. The molecule has 0 radical (unpaired) electrons. The molecular weight excluding hydrogens is 354 g/mol. The lowest BCUT2D eigenvalue weighted by atomic mass is 10.2. The molecule has 0 aliphatic heterocycles. The summed E-state index contributed by atoms with van der Waals surface area (Å²) in [5.41, 5.74) is 1.76. The van der Waals surface area contributed by atoms with Gasteiger partial charge in [-0.25, -0.2) is 14.5 Å². The summed E-state index contributed by atoms with van der Waals surface area (Å²) in [5.74, 6) is 0.635. The zero-order valence-corrected chi connectivity index (χ0v) is 15.1. The number of ether oxygens (including phenoxy) is 1. The maximum absolute atomic E-state index is 11.1. The number of nitro groups is 1. The lowest BCUT2D eigenvalue weighted by Gasteiger charge is -2.11. The van der Waals surface area contributed by atoms with E-state index < -0.39 is 11.0 Å². The first-order valence-corrected chi connectivity index (χ1v) is 8.78. The standard InChI is InChI=1S/C17H15N5O3S/c1-9-11(3)26-17-14(9)16-19-15(20-21(16)8-18-17)10(2)25-13-7-5-4-6-12(13)22(23)24/h4-8,10H,1-3H3/t10-/m1/s1. The van der Waals surface area contributed by atoms with Crippen molar-refractivity contribution in [3.8, 4) is 5.75 Å². The molecule has 0 N–H and O–H groups in total. The van der Waals surface area contributed by atoms with Gasteiger partial charge in [-0.3, -0.25) is 10.1 Å². The van der Waals surface area contributed by atoms with Crippen molar-refractivity contribution in [2.24, 2.45) is 0 Å². The topological polar surface area (TPSA) is 95.5 Å². The molecule has 0 saturated carbocycles. The summed E-state index contributed by atoms with van der Waals surface area (Å²) in [4.78, 5) is 21.8. The van der Waals surface area contributed by atoms with Gasteiger partial charge in [0.05, 0.1) is 10.3 Å². The SMILES string of the molecule is Cc1sc2ncn3nc([C@@H](C)Oc4ccccc4[N+](=O)[O-])nc3c2c1C. The van der Waals surface area contributed by atoms with Crippen molar-refractivity contribution in [1.82, 2.24) is 19.6 Å². The molecule has 0 unspecified atom stereocenters. The maximum Gasteiger partial charge on any atom is 0.310 e. The highest BCUT2D eigenvalue weighted by Crippen LogP contribution is 2.32. The second kappa shape index (κ2) is 6.03. The fraction of sp³-hybridized carbons (Fsp3) is 0.235. The molecule has 1 aromatic carbocycles. The number of benzene rings is 1. The minimum absolute atomic E-state index is 0.0866. The molecular formula is C17H15N5O3S. The first kappa shape index (κ1) is 16.4. The number of nitrogens with zero attached hydrogens (tertiary/aromatic N) is 5. The molecule has 132 valence electrons. The van der Waals surface area contributed by atoms with Crippen molar-refractivity contribution >= 4 is 32.9 Å². The number of nitro benzene ring substituents is 1. The summed E-state index contributed by atoms with van der Waals surface area (Å²) in [6.07, 6.45) is 1.08. The number of para-hydroxylation sites is 2. The van der Waals surface area contributed by atoms with Crippen LogP contribution in [0.15, 0.2) is 30.6 Å². The quantitative estimate of drug-likeness (QED) is 0.398. The Kier molecular flexibility index (Phi) is 3.80.